The van der Waals surface area contributed by atoms with Crippen molar-refractivity contribution in [2.45, 2.75) is 51.7 Å². The normalized spacial score (nSPS) is 15.4. The Labute approximate surface area is 126 Å². The van der Waals surface area contributed by atoms with E-state index >= 15 is 0 Å². The molecule has 0 bridgehead atoms. The first-order valence-corrected chi connectivity index (χ1v) is 16.0. The van der Waals surface area contributed by atoms with E-state index in [1.807, 2.05) is 0 Å². The zero-order valence-corrected chi connectivity index (χ0v) is 16.9. The van der Waals surface area contributed by atoms with Gasteiger partial charge in [-0.2, -0.15) is 0 Å². The van der Waals surface area contributed by atoms with E-state index in [0.29, 0.717) is 6.54 Å². The second-order valence-corrected chi connectivity index (χ2v) is 17.2. The Hall–Kier alpha value is 0.331. The van der Waals surface area contributed by atoms with E-state index in [4.69, 9.17) is 19.8 Å². The van der Waals surface area contributed by atoms with Crippen LogP contribution in [0.15, 0.2) is 0 Å². The third-order valence-corrected chi connectivity index (χ3v) is 11.8. The summed E-state index contributed by atoms with van der Waals surface area (Å²) in [5.41, 5.74) is 0. The molecule has 0 heterocycles. The molecule has 0 saturated carbocycles. The van der Waals surface area contributed by atoms with Crippen molar-refractivity contribution in [3.05, 3.63) is 0 Å². The molecule has 0 aliphatic carbocycles. The highest BCUT2D eigenvalue weighted by atomic mass is 35.5. The van der Waals surface area contributed by atoms with Crippen molar-refractivity contribution in [1.29, 1.82) is 0 Å². The van der Waals surface area contributed by atoms with Crippen LogP contribution in [-0.4, -0.2) is 44.3 Å². The summed E-state index contributed by atoms with van der Waals surface area (Å²) in [4.78, 5) is 11.1. The van der Waals surface area contributed by atoms with Gasteiger partial charge in [0.25, 0.3) is 0 Å². The lowest BCUT2D eigenvalue weighted by atomic mass is 10.5. The van der Waals surface area contributed by atoms with Gasteiger partial charge in [-0.1, -0.05) is 0 Å². The van der Waals surface area contributed by atoms with E-state index in [-0.39, 0.29) is 11.8 Å². The fourth-order valence-electron chi connectivity index (χ4n) is 1.96. The first kappa shape index (κ1) is 19.3. The quantitative estimate of drug-likeness (QED) is 0.398. The van der Waals surface area contributed by atoms with Crippen LogP contribution in [0.1, 0.15) is 6.42 Å². The van der Waals surface area contributed by atoms with Gasteiger partial charge in [-0.15, -0.1) is 11.6 Å². The Bertz CT molecular complexity index is 287. The molecule has 0 aromatic carbocycles. The molecule has 19 heavy (non-hydrogen) atoms. The number of amides is 1. The van der Waals surface area contributed by atoms with Gasteiger partial charge in [0, 0.05) is 6.54 Å². The summed E-state index contributed by atoms with van der Waals surface area (Å²) in [7, 11) is -4.80. The molecule has 0 spiro atoms. The molecular formula is C11H28ClNO3Si3. The summed E-state index contributed by atoms with van der Waals surface area (Å²) in [6, 6.07) is 0.922. The Balaban J connectivity index is 4.31. The van der Waals surface area contributed by atoms with Gasteiger partial charge in [0.1, 0.15) is 5.88 Å². The average molecular weight is 342 g/mol. The molecular weight excluding hydrogens is 314 g/mol. The van der Waals surface area contributed by atoms with Crippen molar-refractivity contribution in [3.8, 4) is 0 Å². The van der Waals surface area contributed by atoms with Crippen LogP contribution in [0.4, 0.5) is 0 Å². The molecule has 0 saturated heterocycles. The van der Waals surface area contributed by atoms with Crippen molar-refractivity contribution < 1.29 is 13.0 Å². The maximum absolute atomic E-state index is 11.1. The average Bonchev–Trinajstić information content (AvgIpc) is 2.20. The van der Waals surface area contributed by atoms with Crippen molar-refractivity contribution in [3.63, 3.8) is 0 Å². The number of hydrogen-bond acceptors (Lipinski definition) is 3. The molecule has 0 aliphatic rings. The zero-order valence-electron chi connectivity index (χ0n) is 13.0. The van der Waals surface area contributed by atoms with Gasteiger partial charge >= 0.3 is 8.56 Å². The molecule has 0 aromatic heterocycles. The Morgan fingerprint density at radius 1 is 1.26 bits per heavy atom. The van der Waals surface area contributed by atoms with Crippen LogP contribution < -0.4 is 5.32 Å². The van der Waals surface area contributed by atoms with E-state index in [9.17, 15) is 4.79 Å². The minimum absolute atomic E-state index is 0.0233. The lowest BCUT2D eigenvalue weighted by Crippen LogP contribution is -2.49. The molecule has 4 nitrogen and oxygen atoms in total. The standard InChI is InChI=1S/C11H28ClNO3Si3/c1-17(2)15-19(6,16-18(3,4)5)9-7-8-13-11(14)10-12/h17H,7-10H2,1-6H3,(H,13,14). The fourth-order valence-corrected chi connectivity index (χ4v) is 13.6. The molecule has 0 fully saturated rings. The predicted molar refractivity (Wildman–Crippen MR) is 89.2 cm³/mol. The molecule has 1 atom stereocenters. The molecule has 0 aliphatic heterocycles. The van der Waals surface area contributed by atoms with Crippen molar-refractivity contribution in [2.24, 2.45) is 0 Å². The highest BCUT2D eigenvalue weighted by Crippen LogP contribution is 2.22. The largest absolute Gasteiger partial charge is 0.439 e. The highest BCUT2D eigenvalue weighted by Gasteiger charge is 2.36. The number of carbonyl (C=O) groups excluding carboxylic acids is 1. The van der Waals surface area contributed by atoms with Gasteiger partial charge in [0.05, 0.1) is 0 Å². The second-order valence-electron chi connectivity index (χ2n) is 6.10. The van der Waals surface area contributed by atoms with Gasteiger partial charge in [-0.05, 0) is 51.7 Å². The Morgan fingerprint density at radius 2 is 1.84 bits per heavy atom. The van der Waals surface area contributed by atoms with E-state index < -0.39 is 25.9 Å². The van der Waals surface area contributed by atoms with Gasteiger partial charge in [-0.3, -0.25) is 4.79 Å². The lowest BCUT2D eigenvalue weighted by molar-refractivity contribution is -0.118. The van der Waals surface area contributed by atoms with E-state index in [1.165, 1.54) is 0 Å². The number of nitrogens with one attached hydrogen (secondary N) is 1. The maximum atomic E-state index is 11.1. The number of rotatable bonds is 9. The van der Waals surface area contributed by atoms with Gasteiger partial charge in [-0.25, -0.2) is 0 Å². The summed E-state index contributed by atoms with van der Waals surface area (Å²) in [5, 5.41) is 2.78. The minimum atomic E-state index is -2.09. The number of carbonyl (C=O) groups is 1. The number of halogens is 1. The molecule has 1 N–H and O–H groups in total. The van der Waals surface area contributed by atoms with E-state index in [1.54, 1.807) is 0 Å². The monoisotopic (exact) mass is 341 g/mol. The van der Waals surface area contributed by atoms with Crippen molar-refractivity contribution in [1.82, 2.24) is 5.32 Å². The molecule has 1 unspecified atom stereocenters. The van der Waals surface area contributed by atoms with Crippen molar-refractivity contribution >= 4 is 43.4 Å². The molecule has 8 heteroatoms. The van der Waals surface area contributed by atoms with Gasteiger partial charge < -0.3 is 13.5 Å². The SMILES string of the molecule is C[SiH](C)O[Si](C)(CCCNC(=O)CCl)O[Si](C)(C)C. The predicted octanol–water partition coefficient (Wildman–Crippen LogP) is 2.66. The van der Waals surface area contributed by atoms with Crippen LogP contribution in [0.2, 0.25) is 45.3 Å². The fraction of sp³-hybridized carbons (Fsp3) is 0.909. The molecule has 114 valence electrons. The Kier molecular flexibility index (Phi) is 8.73. The molecule has 0 aromatic rings. The third kappa shape index (κ3) is 10.7. The van der Waals surface area contributed by atoms with Crippen LogP contribution >= 0.6 is 11.6 Å². The summed E-state index contributed by atoms with van der Waals surface area (Å²) in [5.74, 6) is -0.0921. The number of alkyl halides is 1. The molecule has 0 rings (SSSR count). The van der Waals surface area contributed by atoms with Gasteiger partial charge in [0.15, 0.2) is 17.4 Å². The topological polar surface area (TPSA) is 47.6 Å². The first-order chi connectivity index (χ1) is 8.58. The second kappa shape index (κ2) is 8.58. The smallest absolute Gasteiger partial charge is 0.314 e. The zero-order chi connectivity index (χ0) is 15.1. The lowest BCUT2D eigenvalue weighted by Gasteiger charge is -2.35. The summed E-state index contributed by atoms with van der Waals surface area (Å²) < 4.78 is 12.5. The molecule has 0 radical (unpaired) electrons. The minimum Gasteiger partial charge on any atom is -0.439 e. The van der Waals surface area contributed by atoms with Crippen LogP contribution in [-0.2, 0) is 13.0 Å². The first-order valence-electron chi connectivity index (χ1n) is 6.78. The third-order valence-electron chi connectivity index (χ3n) is 2.26. The van der Waals surface area contributed by atoms with Crippen molar-refractivity contribution in [2.75, 3.05) is 12.4 Å². The maximum Gasteiger partial charge on any atom is 0.314 e. The number of hydrogen-bond donors (Lipinski definition) is 1. The van der Waals surface area contributed by atoms with Crippen LogP contribution in [0, 0.1) is 0 Å². The van der Waals surface area contributed by atoms with Crippen LogP contribution in [0.5, 0.6) is 0 Å². The van der Waals surface area contributed by atoms with E-state index in [0.717, 1.165) is 12.5 Å². The van der Waals surface area contributed by atoms with E-state index in [2.05, 4.69) is 44.6 Å². The molecule has 1 amide bonds. The summed E-state index contributed by atoms with van der Waals surface area (Å²) in [6.45, 7) is 13.7. The highest BCUT2D eigenvalue weighted by molar-refractivity contribution is 6.84. The van der Waals surface area contributed by atoms with Gasteiger partial charge in [0.2, 0.25) is 5.91 Å². The summed E-state index contributed by atoms with van der Waals surface area (Å²) >= 11 is 5.44. The summed E-state index contributed by atoms with van der Waals surface area (Å²) in [6.07, 6.45) is 0.886. The van der Waals surface area contributed by atoms with Crippen LogP contribution in [0.25, 0.3) is 0 Å². The van der Waals surface area contributed by atoms with Crippen LogP contribution in [0.3, 0.4) is 0 Å². The Morgan fingerprint density at radius 3 is 2.26 bits per heavy atom.